The van der Waals surface area contributed by atoms with Gasteiger partial charge in [-0.15, -0.1) is 12.6 Å². The molecule has 2 rings (SSSR count). The van der Waals surface area contributed by atoms with Crippen LogP contribution in [-0.4, -0.2) is 10.9 Å². The summed E-state index contributed by atoms with van der Waals surface area (Å²) >= 11 is 4.25. The lowest BCUT2D eigenvalue weighted by atomic mass is 10.1. The Morgan fingerprint density at radius 2 is 2.14 bits per heavy atom. The van der Waals surface area contributed by atoms with E-state index in [0.29, 0.717) is 11.1 Å². The summed E-state index contributed by atoms with van der Waals surface area (Å²) < 4.78 is 0. The van der Waals surface area contributed by atoms with Crippen molar-refractivity contribution in [3.8, 4) is 0 Å². The van der Waals surface area contributed by atoms with Gasteiger partial charge >= 0.3 is 0 Å². The van der Waals surface area contributed by atoms with Gasteiger partial charge in [-0.25, -0.2) is 0 Å². The van der Waals surface area contributed by atoms with Crippen LogP contribution in [0.1, 0.15) is 10.4 Å². The number of hydrogen-bond acceptors (Lipinski definition) is 3. The number of hydrogen-bond donors (Lipinski definition) is 2. The number of benzene rings is 1. The van der Waals surface area contributed by atoms with Crippen molar-refractivity contribution in [2.75, 3.05) is 0 Å². The van der Waals surface area contributed by atoms with Crippen LogP contribution in [0.25, 0.3) is 10.9 Å². The molecule has 14 heavy (non-hydrogen) atoms. The Balaban J connectivity index is 2.88. The second-order valence-electron chi connectivity index (χ2n) is 2.90. The molecule has 1 aromatic carbocycles. The largest absolute Gasteiger partial charge is 0.366 e. The van der Waals surface area contributed by atoms with Gasteiger partial charge in [-0.2, -0.15) is 0 Å². The van der Waals surface area contributed by atoms with Gasteiger partial charge in [0.05, 0.1) is 11.1 Å². The standard InChI is InChI=1S/C10H8N2OS/c11-10(13)7-4-5-12-9-6(7)2-1-3-8(9)14/h1-5,14H,(H2,11,13). The smallest absolute Gasteiger partial charge is 0.249 e. The highest BCUT2D eigenvalue weighted by molar-refractivity contribution is 7.80. The summed E-state index contributed by atoms with van der Waals surface area (Å²) in [4.78, 5) is 16.0. The molecule has 0 aliphatic carbocycles. The van der Waals surface area contributed by atoms with E-state index in [2.05, 4.69) is 17.6 Å². The van der Waals surface area contributed by atoms with Gasteiger partial charge in [0, 0.05) is 16.5 Å². The van der Waals surface area contributed by atoms with Crippen LogP contribution in [0, 0.1) is 0 Å². The number of primary amides is 1. The molecule has 3 nitrogen and oxygen atoms in total. The van der Waals surface area contributed by atoms with Crippen LogP contribution in [-0.2, 0) is 0 Å². The Morgan fingerprint density at radius 3 is 2.86 bits per heavy atom. The zero-order chi connectivity index (χ0) is 10.1. The zero-order valence-corrected chi connectivity index (χ0v) is 8.16. The van der Waals surface area contributed by atoms with Crippen molar-refractivity contribution in [1.82, 2.24) is 4.98 Å². The molecule has 2 aromatic rings. The molecule has 0 spiro atoms. The summed E-state index contributed by atoms with van der Waals surface area (Å²) in [5, 5.41) is 0.743. The maximum absolute atomic E-state index is 11.1. The Hall–Kier alpha value is -1.55. The minimum atomic E-state index is -0.448. The van der Waals surface area contributed by atoms with E-state index >= 15 is 0 Å². The molecule has 0 aliphatic rings. The Labute approximate surface area is 86.4 Å². The molecule has 0 saturated heterocycles. The first kappa shape index (κ1) is 9.02. The molecule has 4 heteroatoms. The third-order valence-corrected chi connectivity index (χ3v) is 2.38. The van der Waals surface area contributed by atoms with Crippen molar-refractivity contribution in [3.05, 3.63) is 36.0 Å². The number of pyridine rings is 1. The predicted octanol–water partition coefficient (Wildman–Crippen LogP) is 1.62. The Bertz CT molecular complexity index is 510. The molecule has 70 valence electrons. The number of nitrogens with two attached hydrogens (primary N) is 1. The first-order chi connectivity index (χ1) is 6.70. The fraction of sp³-hybridized carbons (Fsp3) is 0. The molecular formula is C10H8N2OS. The van der Waals surface area contributed by atoms with E-state index in [0.717, 1.165) is 10.3 Å². The van der Waals surface area contributed by atoms with Gasteiger partial charge < -0.3 is 5.73 Å². The van der Waals surface area contributed by atoms with Gasteiger partial charge in [-0.1, -0.05) is 12.1 Å². The second-order valence-corrected chi connectivity index (χ2v) is 3.38. The van der Waals surface area contributed by atoms with Crippen molar-refractivity contribution in [1.29, 1.82) is 0 Å². The normalized spacial score (nSPS) is 10.4. The molecule has 0 radical (unpaired) electrons. The van der Waals surface area contributed by atoms with Gasteiger partial charge in [-0.3, -0.25) is 9.78 Å². The molecule has 1 aromatic heterocycles. The summed E-state index contributed by atoms with van der Waals surface area (Å²) in [5.74, 6) is -0.448. The fourth-order valence-corrected chi connectivity index (χ4v) is 1.64. The van der Waals surface area contributed by atoms with Crippen molar-refractivity contribution in [3.63, 3.8) is 0 Å². The topological polar surface area (TPSA) is 56.0 Å². The average Bonchev–Trinajstić information content (AvgIpc) is 2.17. The van der Waals surface area contributed by atoms with Crippen LogP contribution in [0.5, 0.6) is 0 Å². The van der Waals surface area contributed by atoms with Gasteiger partial charge in [0.1, 0.15) is 0 Å². The van der Waals surface area contributed by atoms with Crippen molar-refractivity contribution >= 4 is 29.4 Å². The summed E-state index contributed by atoms with van der Waals surface area (Å²) in [6, 6.07) is 7.06. The molecule has 0 unspecified atom stereocenters. The molecular weight excluding hydrogens is 196 g/mol. The number of rotatable bonds is 1. The summed E-state index contributed by atoms with van der Waals surface area (Å²) in [6.07, 6.45) is 1.56. The predicted molar refractivity (Wildman–Crippen MR) is 57.5 cm³/mol. The van der Waals surface area contributed by atoms with E-state index in [1.165, 1.54) is 0 Å². The minimum Gasteiger partial charge on any atom is -0.366 e. The summed E-state index contributed by atoms with van der Waals surface area (Å²) in [7, 11) is 0. The Kier molecular flexibility index (Phi) is 2.13. The van der Waals surface area contributed by atoms with E-state index in [1.54, 1.807) is 12.3 Å². The fourth-order valence-electron chi connectivity index (χ4n) is 1.38. The molecule has 1 heterocycles. The van der Waals surface area contributed by atoms with Crippen LogP contribution in [0.2, 0.25) is 0 Å². The molecule has 0 fully saturated rings. The van der Waals surface area contributed by atoms with E-state index in [1.807, 2.05) is 18.2 Å². The van der Waals surface area contributed by atoms with Crippen LogP contribution in [0.4, 0.5) is 0 Å². The van der Waals surface area contributed by atoms with Crippen LogP contribution in [0.15, 0.2) is 35.4 Å². The third-order valence-electron chi connectivity index (χ3n) is 2.02. The Morgan fingerprint density at radius 1 is 1.36 bits per heavy atom. The van der Waals surface area contributed by atoms with E-state index in [4.69, 9.17) is 5.73 Å². The number of para-hydroxylation sites is 1. The highest BCUT2D eigenvalue weighted by atomic mass is 32.1. The van der Waals surface area contributed by atoms with Gasteiger partial charge in [0.25, 0.3) is 0 Å². The third kappa shape index (κ3) is 1.33. The van der Waals surface area contributed by atoms with E-state index < -0.39 is 5.91 Å². The zero-order valence-electron chi connectivity index (χ0n) is 7.27. The van der Waals surface area contributed by atoms with Crippen LogP contribution < -0.4 is 5.73 Å². The quantitative estimate of drug-likeness (QED) is 0.693. The maximum Gasteiger partial charge on any atom is 0.249 e. The van der Waals surface area contributed by atoms with Gasteiger partial charge in [0.15, 0.2) is 0 Å². The first-order valence-electron chi connectivity index (χ1n) is 4.06. The van der Waals surface area contributed by atoms with Crippen LogP contribution >= 0.6 is 12.6 Å². The highest BCUT2D eigenvalue weighted by Crippen LogP contribution is 2.21. The van der Waals surface area contributed by atoms with Gasteiger partial charge in [-0.05, 0) is 12.1 Å². The minimum absolute atomic E-state index is 0.448. The summed E-state index contributed by atoms with van der Waals surface area (Å²) in [6.45, 7) is 0. The second kappa shape index (κ2) is 3.31. The lowest BCUT2D eigenvalue weighted by Gasteiger charge is -2.03. The lowest BCUT2D eigenvalue weighted by Crippen LogP contribution is -2.11. The van der Waals surface area contributed by atoms with Crippen LogP contribution in [0.3, 0.4) is 0 Å². The molecule has 0 saturated carbocycles. The van der Waals surface area contributed by atoms with Crippen molar-refractivity contribution < 1.29 is 4.79 Å². The highest BCUT2D eigenvalue weighted by Gasteiger charge is 2.07. The summed E-state index contributed by atoms with van der Waals surface area (Å²) in [5.41, 5.74) is 6.42. The van der Waals surface area contributed by atoms with Gasteiger partial charge in [0.2, 0.25) is 5.91 Å². The molecule has 0 aliphatic heterocycles. The first-order valence-corrected chi connectivity index (χ1v) is 4.51. The maximum atomic E-state index is 11.1. The lowest BCUT2D eigenvalue weighted by molar-refractivity contribution is 0.100. The average molecular weight is 204 g/mol. The van der Waals surface area contributed by atoms with E-state index in [-0.39, 0.29) is 0 Å². The van der Waals surface area contributed by atoms with E-state index in [9.17, 15) is 4.79 Å². The van der Waals surface area contributed by atoms with Crippen molar-refractivity contribution in [2.45, 2.75) is 4.90 Å². The molecule has 0 bridgehead atoms. The number of carbonyl (C=O) groups is 1. The van der Waals surface area contributed by atoms with Crippen molar-refractivity contribution in [2.24, 2.45) is 5.73 Å². The molecule has 1 amide bonds. The number of nitrogens with zero attached hydrogens (tertiary/aromatic N) is 1. The number of aromatic nitrogens is 1. The SMILES string of the molecule is NC(=O)c1ccnc2c(S)cccc12. The number of amides is 1. The monoisotopic (exact) mass is 204 g/mol. The number of fused-ring (bicyclic) bond motifs is 1. The molecule has 2 N–H and O–H groups in total. The number of carbonyl (C=O) groups excluding carboxylic acids is 1. The number of thiol groups is 1. The molecule has 0 atom stereocenters.